The molecule has 0 fully saturated rings. The third kappa shape index (κ3) is 43.9. The number of allylic oxidation sites excluding steroid dienone is 4. The van der Waals surface area contributed by atoms with Gasteiger partial charge in [-0.2, -0.15) is 0 Å². The number of esters is 2. The minimum Gasteiger partial charge on any atom is -0.462 e. The second-order valence-electron chi connectivity index (χ2n) is 16.0. The number of phosphoric ester groups is 1. The van der Waals surface area contributed by atoms with Gasteiger partial charge in [0.15, 0.2) is 6.10 Å². The third-order valence-electron chi connectivity index (χ3n) is 10.3. The van der Waals surface area contributed by atoms with Gasteiger partial charge in [0.25, 0.3) is 0 Å². The Morgan fingerprint density at radius 1 is 0.509 bits per heavy atom. The zero-order valence-corrected chi connectivity index (χ0v) is 38.0. The van der Waals surface area contributed by atoms with E-state index in [4.69, 9.17) is 24.3 Å². The van der Waals surface area contributed by atoms with Crippen LogP contribution in [0.4, 0.5) is 0 Å². The summed E-state index contributed by atoms with van der Waals surface area (Å²) in [5.74, 6) is -0.833. The van der Waals surface area contributed by atoms with Crippen LogP contribution in [0.15, 0.2) is 24.3 Å². The van der Waals surface area contributed by atoms with Crippen LogP contribution >= 0.6 is 7.82 Å². The molecule has 2 atom stereocenters. The highest BCUT2D eigenvalue weighted by atomic mass is 31.2. The Hall–Kier alpha value is -1.51. The van der Waals surface area contributed by atoms with E-state index in [2.05, 4.69) is 38.2 Å². The van der Waals surface area contributed by atoms with Crippen LogP contribution in [-0.2, 0) is 32.7 Å². The van der Waals surface area contributed by atoms with Gasteiger partial charge in [-0.1, -0.05) is 186 Å². The molecule has 0 aliphatic rings. The minimum atomic E-state index is -4.37. The number of phosphoric acid groups is 1. The first-order valence-electron chi connectivity index (χ1n) is 23.8. The lowest BCUT2D eigenvalue weighted by Gasteiger charge is -2.19. The maximum Gasteiger partial charge on any atom is 0.472 e. The van der Waals surface area contributed by atoms with Crippen LogP contribution in [0, 0.1) is 0 Å². The number of ether oxygens (including phenoxy) is 2. The van der Waals surface area contributed by atoms with Gasteiger partial charge in [0.2, 0.25) is 0 Å². The Bertz CT molecular complexity index is 990. The SMILES string of the molecule is CCCC/C=C\CCCCCCCC(=O)OCC(COP(=O)(O)OCCN)OC(=O)CCCCCCCCCCCCCCC/C=C\CCCCCCCCCC. The molecule has 0 saturated carbocycles. The Labute approximate surface area is 351 Å². The first kappa shape index (κ1) is 55.5. The fraction of sp³-hybridized carbons (Fsp3) is 0.872. The van der Waals surface area contributed by atoms with Crippen molar-refractivity contribution < 1.29 is 37.6 Å². The topological polar surface area (TPSA) is 134 Å². The van der Waals surface area contributed by atoms with E-state index in [-0.39, 0.29) is 38.6 Å². The highest BCUT2D eigenvalue weighted by Gasteiger charge is 2.26. The van der Waals surface area contributed by atoms with Gasteiger partial charge in [0.05, 0.1) is 13.2 Å². The van der Waals surface area contributed by atoms with Gasteiger partial charge in [-0.15, -0.1) is 0 Å². The maximum absolute atomic E-state index is 12.6. The zero-order valence-electron chi connectivity index (χ0n) is 37.1. The Morgan fingerprint density at radius 2 is 0.877 bits per heavy atom. The van der Waals surface area contributed by atoms with Gasteiger partial charge in [0.1, 0.15) is 6.61 Å². The Balaban J connectivity index is 3.97. The molecule has 0 rings (SSSR count). The van der Waals surface area contributed by atoms with Crippen molar-refractivity contribution in [3.63, 3.8) is 0 Å². The average molecular weight is 828 g/mol. The molecule has 0 saturated heterocycles. The van der Waals surface area contributed by atoms with Crippen molar-refractivity contribution in [2.24, 2.45) is 5.73 Å². The largest absolute Gasteiger partial charge is 0.472 e. The second kappa shape index (κ2) is 44.1. The maximum atomic E-state index is 12.6. The van der Waals surface area contributed by atoms with Gasteiger partial charge in [0, 0.05) is 19.4 Å². The zero-order chi connectivity index (χ0) is 41.8. The number of nitrogens with two attached hydrogens (primary N) is 1. The molecular weight excluding hydrogens is 737 g/mol. The second-order valence-corrected chi connectivity index (χ2v) is 17.4. The van der Waals surface area contributed by atoms with Crippen LogP contribution in [0.25, 0.3) is 0 Å². The molecule has 0 aromatic rings. The van der Waals surface area contributed by atoms with Crippen molar-refractivity contribution in [2.75, 3.05) is 26.4 Å². The van der Waals surface area contributed by atoms with Crippen LogP contribution in [0.1, 0.15) is 232 Å². The van der Waals surface area contributed by atoms with Gasteiger partial charge >= 0.3 is 19.8 Å². The fourth-order valence-corrected chi connectivity index (χ4v) is 7.49. The summed E-state index contributed by atoms with van der Waals surface area (Å²) in [5.41, 5.74) is 5.35. The molecule has 0 aromatic carbocycles. The predicted molar refractivity (Wildman–Crippen MR) is 238 cm³/mol. The van der Waals surface area contributed by atoms with E-state index >= 15 is 0 Å². The highest BCUT2D eigenvalue weighted by molar-refractivity contribution is 7.47. The summed E-state index contributed by atoms with van der Waals surface area (Å²) in [5, 5.41) is 0. The smallest absolute Gasteiger partial charge is 0.462 e. The summed E-state index contributed by atoms with van der Waals surface area (Å²) in [4.78, 5) is 34.9. The summed E-state index contributed by atoms with van der Waals surface area (Å²) in [6.07, 6.45) is 48.0. The molecule has 0 radical (unpaired) electrons. The molecule has 0 aromatic heterocycles. The summed E-state index contributed by atoms with van der Waals surface area (Å²) < 4.78 is 32.8. The number of hydrogen-bond acceptors (Lipinski definition) is 8. The molecule has 3 N–H and O–H groups in total. The number of unbranched alkanes of at least 4 members (excludes halogenated alkanes) is 28. The number of carbonyl (C=O) groups excluding carboxylic acids is 2. The van der Waals surface area contributed by atoms with E-state index in [1.54, 1.807) is 0 Å². The van der Waals surface area contributed by atoms with Gasteiger partial charge in [-0.05, 0) is 57.8 Å². The summed E-state index contributed by atoms with van der Waals surface area (Å²) in [6, 6.07) is 0. The van der Waals surface area contributed by atoms with Gasteiger partial charge in [-0.3, -0.25) is 18.6 Å². The van der Waals surface area contributed by atoms with Crippen molar-refractivity contribution >= 4 is 19.8 Å². The van der Waals surface area contributed by atoms with Gasteiger partial charge < -0.3 is 20.1 Å². The molecular formula is C47H90NO8P. The third-order valence-corrected chi connectivity index (χ3v) is 11.3. The molecule has 0 aliphatic heterocycles. The number of carbonyl (C=O) groups is 2. The molecule has 0 bridgehead atoms. The molecule has 0 spiro atoms. The number of rotatable bonds is 45. The van der Waals surface area contributed by atoms with E-state index in [1.807, 2.05) is 0 Å². The summed E-state index contributed by atoms with van der Waals surface area (Å²) in [7, 11) is -4.37. The highest BCUT2D eigenvalue weighted by Crippen LogP contribution is 2.43. The van der Waals surface area contributed by atoms with Crippen molar-refractivity contribution in [3.05, 3.63) is 24.3 Å². The van der Waals surface area contributed by atoms with E-state index < -0.39 is 26.5 Å². The van der Waals surface area contributed by atoms with Crippen LogP contribution in [-0.4, -0.2) is 49.3 Å². The lowest BCUT2D eigenvalue weighted by molar-refractivity contribution is -0.161. The monoisotopic (exact) mass is 828 g/mol. The minimum absolute atomic E-state index is 0.0537. The first-order valence-corrected chi connectivity index (χ1v) is 25.3. The molecule has 0 aliphatic carbocycles. The van der Waals surface area contributed by atoms with Crippen LogP contribution in [0.5, 0.6) is 0 Å². The lowest BCUT2D eigenvalue weighted by atomic mass is 10.0. The molecule has 10 heteroatoms. The van der Waals surface area contributed by atoms with Crippen molar-refractivity contribution in [1.82, 2.24) is 0 Å². The molecule has 2 unspecified atom stereocenters. The Morgan fingerprint density at radius 3 is 1.30 bits per heavy atom. The molecule has 0 amide bonds. The van der Waals surface area contributed by atoms with E-state index in [1.165, 1.54) is 141 Å². The standard InChI is InChI=1S/C47H90NO8P/c1-3-5-7-9-11-13-15-16-17-18-19-20-21-22-23-24-25-26-27-28-30-32-34-36-38-40-47(50)56-45(44-55-57(51,52)54-42-41-48)43-53-46(49)39-37-35-33-31-29-14-12-10-8-6-4-2/h10,12,18-19,45H,3-9,11,13-17,20-44,48H2,1-2H3,(H,51,52)/b12-10-,19-18-. The van der Waals surface area contributed by atoms with Gasteiger partial charge in [-0.25, -0.2) is 4.57 Å². The quantitative estimate of drug-likeness (QED) is 0.0266. The Kier molecular flexibility index (Phi) is 42.9. The fourth-order valence-electron chi connectivity index (χ4n) is 6.73. The average Bonchev–Trinajstić information content (AvgIpc) is 3.20. The summed E-state index contributed by atoms with van der Waals surface area (Å²) in [6.45, 7) is 3.71. The molecule has 0 heterocycles. The number of hydrogen-bond donors (Lipinski definition) is 2. The molecule has 9 nitrogen and oxygen atoms in total. The molecule has 57 heavy (non-hydrogen) atoms. The van der Waals surface area contributed by atoms with Crippen molar-refractivity contribution in [1.29, 1.82) is 0 Å². The van der Waals surface area contributed by atoms with Crippen molar-refractivity contribution in [3.8, 4) is 0 Å². The van der Waals surface area contributed by atoms with E-state index in [0.29, 0.717) is 6.42 Å². The predicted octanol–water partition coefficient (Wildman–Crippen LogP) is 13.9. The van der Waals surface area contributed by atoms with Crippen LogP contribution in [0.2, 0.25) is 0 Å². The van der Waals surface area contributed by atoms with E-state index in [9.17, 15) is 19.0 Å². The normalized spacial score (nSPS) is 13.4. The van der Waals surface area contributed by atoms with E-state index in [0.717, 1.165) is 57.8 Å². The van der Waals surface area contributed by atoms with Crippen LogP contribution < -0.4 is 5.73 Å². The molecule has 336 valence electrons. The summed E-state index contributed by atoms with van der Waals surface area (Å²) >= 11 is 0. The van der Waals surface area contributed by atoms with Crippen LogP contribution in [0.3, 0.4) is 0 Å². The van der Waals surface area contributed by atoms with Crippen molar-refractivity contribution in [2.45, 2.75) is 238 Å². The lowest BCUT2D eigenvalue weighted by Crippen LogP contribution is -2.29. The first-order chi connectivity index (χ1) is 27.8.